The molecule has 1 fully saturated rings. The molecule has 2 aromatic heterocycles. The van der Waals surface area contributed by atoms with Crippen molar-refractivity contribution in [2.24, 2.45) is 0 Å². The van der Waals surface area contributed by atoms with Crippen LogP contribution in [-0.2, 0) is 17.9 Å². The van der Waals surface area contributed by atoms with Crippen LogP contribution in [0.5, 0.6) is 0 Å². The first-order valence-corrected chi connectivity index (χ1v) is 12.2. The van der Waals surface area contributed by atoms with Gasteiger partial charge < -0.3 is 14.8 Å². The molecule has 2 amide bonds. The molecule has 7 heteroatoms. The van der Waals surface area contributed by atoms with Crippen molar-refractivity contribution >= 4 is 45.0 Å². The van der Waals surface area contributed by atoms with Crippen LogP contribution in [0.3, 0.4) is 0 Å². The normalized spacial score (nSPS) is 22.0. The first-order valence-electron chi connectivity index (χ1n) is 10.9. The van der Waals surface area contributed by atoms with Crippen molar-refractivity contribution in [1.29, 1.82) is 0 Å². The number of nitrogens with zero attached hydrogens (tertiary/aromatic N) is 2. The molecule has 1 saturated carbocycles. The topological polar surface area (TPSA) is 54.3 Å². The third kappa shape index (κ3) is 3.66. The highest BCUT2D eigenvalue weighted by molar-refractivity contribution is 7.17. The molecule has 1 aromatic carbocycles. The van der Waals surface area contributed by atoms with Gasteiger partial charge in [0.1, 0.15) is 11.2 Å². The zero-order chi connectivity index (χ0) is 21.6. The first-order chi connectivity index (χ1) is 15.0. The lowest BCUT2D eigenvalue weighted by atomic mass is 9.91. The quantitative estimate of drug-likeness (QED) is 0.586. The van der Waals surface area contributed by atoms with Crippen LogP contribution < -0.4 is 5.32 Å². The summed E-state index contributed by atoms with van der Waals surface area (Å²) in [5, 5.41) is 5.96. The molecule has 1 aliphatic heterocycles. The Balaban J connectivity index is 1.52. The van der Waals surface area contributed by atoms with Gasteiger partial charge in [-0.2, -0.15) is 0 Å². The molecule has 1 aliphatic carbocycles. The molecule has 0 bridgehead atoms. The van der Waals surface area contributed by atoms with Crippen LogP contribution in [0.4, 0.5) is 0 Å². The Hall–Kier alpha value is -2.31. The second-order valence-electron chi connectivity index (χ2n) is 8.89. The maximum Gasteiger partial charge on any atom is 0.271 e. The molecule has 162 valence electrons. The average molecular weight is 456 g/mol. The molecule has 0 radical (unpaired) electrons. The lowest BCUT2D eigenvalue weighted by molar-refractivity contribution is -0.134. The lowest BCUT2D eigenvalue weighted by Gasteiger charge is -2.45. The fraction of sp³-hybridized carbons (Fsp3) is 0.417. The Labute approximate surface area is 191 Å². The van der Waals surface area contributed by atoms with Crippen molar-refractivity contribution < 1.29 is 9.59 Å². The van der Waals surface area contributed by atoms with Gasteiger partial charge in [-0.15, -0.1) is 11.3 Å². The molecule has 2 aliphatic rings. The van der Waals surface area contributed by atoms with E-state index in [1.54, 1.807) is 16.2 Å². The molecular formula is C24H26ClN3O2S. The summed E-state index contributed by atoms with van der Waals surface area (Å²) in [5.74, 6) is -0.171. The van der Waals surface area contributed by atoms with Gasteiger partial charge in [0.25, 0.3) is 5.91 Å². The number of thiophene rings is 1. The summed E-state index contributed by atoms with van der Waals surface area (Å²) < 4.78 is 3.10. The third-order valence-electron chi connectivity index (χ3n) is 6.73. The van der Waals surface area contributed by atoms with E-state index in [-0.39, 0.29) is 17.9 Å². The van der Waals surface area contributed by atoms with E-state index < -0.39 is 5.54 Å². The van der Waals surface area contributed by atoms with Crippen LogP contribution >= 0.6 is 22.9 Å². The summed E-state index contributed by atoms with van der Waals surface area (Å²) in [5.41, 5.74) is 1.65. The van der Waals surface area contributed by atoms with E-state index in [2.05, 4.69) is 5.32 Å². The first kappa shape index (κ1) is 20.6. The maximum absolute atomic E-state index is 13.7. The Bertz CT molecular complexity index is 1130. The van der Waals surface area contributed by atoms with E-state index in [4.69, 9.17) is 11.6 Å². The summed E-state index contributed by atoms with van der Waals surface area (Å²) in [6, 6.07) is 11.7. The van der Waals surface area contributed by atoms with Gasteiger partial charge in [-0.05, 0) is 55.0 Å². The molecule has 3 aromatic rings. The molecule has 0 unspecified atom stereocenters. The Morgan fingerprint density at radius 1 is 1.19 bits per heavy atom. The van der Waals surface area contributed by atoms with Crippen LogP contribution in [0.15, 0.2) is 41.8 Å². The van der Waals surface area contributed by atoms with Crippen molar-refractivity contribution in [2.75, 3.05) is 0 Å². The Morgan fingerprint density at radius 3 is 2.68 bits per heavy atom. The van der Waals surface area contributed by atoms with Crippen LogP contribution in [0.2, 0.25) is 5.02 Å². The van der Waals surface area contributed by atoms with Crippen molar-refractivity contribution in [2.45, 2.75) is 63.7 Å². The number of benzene rings is 1. The largest absolute Gasteiger partial charge is 0.351 e. The summed E-state index contributed by atoms with van der Waals surface area (Å²) >= 11 is 7.67. The van der Waals surface area contributed by atoms with Crippen LogP contribution in [0, 0.1) is 0 Å². The van der Waals surface area contributed by atoms with Crippen LogP contribution in [-0.4, -0.2) is 32.9 Å². The summed E-state index contributed by atoms with van der Waals surface area (Å²) in [6.07, 6.45) is 5.54. The van der Waals surface area contributed by atoms with Crippen LogP contribution in [0.1, 0.15) is 55.1 Å². The number of hydrogen-bond acceptors (Lipinski definition) is 3. The molecular weight excluding hydrogens is 430 g/mol. The van der Waals surface area contributed by atoms with E-state index in [0.717, 1.165) is 41.5 Å². The van der Waals surface area contributed by atoms with Crippen molar-refractivity contribution in [3.8, 4) is 0 Å². The van der Waals surface area contributed by atoms with Gasteiger partial charge in [0.2, 0.25) is 5.91 Å². The number of rotatable bonds is 4. The minimum atomic E-state index is -0.977. The van der Waals surface area contributed by atoms with Gasteiger partial charge >= 0.3 is 0 Å². The van der Waals surface area contributed by atoms with E-state index in [1.807, 2.05) is 53.3 Å². The number of nitrogens with one attached hydrogen (secondary N) is 1. The van der Waals surface area contributed by atoms with Gasteiger partial charge in [-0.25, -0.2) is 0 Å². The molecule has 5 rings (SSSR count). The Kier molecular flexibility index (Phi) is 5.30. The fourth-order valence-corrected chi connectivity index (χ4v) is 5.83. The number of fused-ring (bicyclic) bond motifs is 3. The highest BCUT2D eigenvalue weighted by Crippen LogP contribution is 2.35. The SMILES string of the molecule is C[C@@]1(C(=O)NC2CCCCC2)Cn2c(cc3sccc32)C(=O)N1Cc1ccc(Cl)cc1. The van der Waals surface area contributed by atoms with E-state index in [9.17, 15) is 9.59 Å². The smallest absolute Gasteiger partial charge is 0.271 e. The van der Waals surface area contributed by atoms with Crippen LogP contribution in [0.25, 0.3) is 10.2 Å². The number of aromatic nitrogens is 1. The number of halogens is 1. The molecule has 0 saturated heterocycles. The maximum atomic E-state index is 13.7. The molecule has 31 heavy (non-hydrogen) atoms. The van der Waals surface area contributed by atoms with E-state index in [1.165, 1.54) is 6.42 Å². The highest BCUT2D eigenvalue weighted by atomic mass is 35.5. The van der Waals surface area contributed by atoms with Crippen molar-refractivity contribution in [1.82, 2.24) is 14.8 Å². The standard InChI is InChI=1S/C24H26ClN3O2S/c1-24(23(30)26-18-5-3-2-4-6-18)15-27-19-11-12-31-21(19)13-20(27)22(29)28(24)14-16-7-9-17(25)10-8-16/h7-13,18H,2-6,14-15H2,1H3,(H,26,30)/t24-/m0/s1. The number of hydrogen-bond donors (Lipinski definition) is 1. The second-order valence-corrected chi connectivity index (χ2v) is 10.3. The molecule has 3 heterocycles. The molecule has 5 nitrogen and oxygen atoms in total. The van der Waals surface area contributed by atoms with Crippen molar-refractivity contribution in [3.05, 3.63) is 58.1 Å². The zero-order valence-corrected chi connectivity index (χ0v) is 19.1. The summed E-state index contributed by atoms with van der Waals surface area (Å²) in [7, 11) is 0. The number of carbonyl (C=O) groups excluding carboxylic acids is 2. The number of amides is 2. The predicted octanol–water partition coefficient (Wildman–Crippen LogP) is 5.22. The highest BCUT2D eigenvalue weighted by Gasteiger charge is 2.48. The summed E-state index contributed by atoms with van der Waals surface area (Å²) in [6.45, 7) is 2.71. The Morgan fingerprint density at radius 2 is 1.94 bits per heavy atom. The van der Waals surface area contributed by atoms with E-state index in [0.29, 0.717) is 23.8 Å². The predicted molar refractivity (Wildman–Crippen MR) is 125 cm³/mol. The average Bonchev–Trinajstić information content (AvgIpc) is 3.36. The van der Waals surface area contributed by atoms with Gasteiger partial charge in [-0.1, -0.05) is 43.0 Å². The van der Waals surface area contributed by atoms with Gasteiger partial charge in [0, 0.05) is 17.6 Å². The molecule has 0 spiro atoms. The van der Waals surface area contributed by atoms with Gasteiger partial charge in [-0.3, -0.25) is 9.59 Å². The summed E-state index contributed by atoms with van der Waals surface area (Å²) in [4.78, 5) is 29.1. The minimum Gasteiger partial charge on any atom is -0.351 e. The fourth-order valence-electron chi connectivity index (χ4n) is 4.88. The molecule has 1 atom stereocenters. The monoisotopic (exact) mass is 455 g/mol. The zero-order valence-electron chi connectivity index (χ0n) is 17.6. The van der Waals surface area contributed by atoms with Gasteiger partial charge in [0.15, 0.2) is 0 Å². The third-order valence-corrected chi connectivity index (χ3v) is 7.84. The minimum absolute atomic E-state index is 0.0653. The van der Waals surface area contributed by atoms with Crippen molar-refractivity contribution in [3.63, 3.8) is 0 Å². The van der Waals surface area contributed by atoms with E-state index >= 15 is 0 Å². The number of carbonyl (C=O) groups is 2. The molecule has 1 N–H and O–H groups in total. The lowest BCUT2D eigenvalue weighted by Crippen LogP contribution is -2.64. The second kappa shape index (κ2) is 7.99. The van der Waals surface area contributed by atoms with Gasteiger partial charge in [0.05, 0.1) is 16.8 Å².